The van der Waals surface area contributed by atoms with Crippen molar-refractivity contribution in [3.63, 3.8) is 0 Å². The number of aromatic nitrogens is 2. The summed E-state index contributed by atoms with van der Waals surface area (Å²) >= 11 is 6.28. The van der Waals surface area contributed by atoms with Crippen molar-refractivity contribution in [2.45, 2.75) is 18.2 Å². The van der Waals surface area contributed by atoms with Gasteiger partial charge in [0.25, 0.3) is 10.0 Å². The molecule has 27 heavy (non-hydrogen) atoms. The van der Waals surface area contributed by atoms with Gasteiger partial charge in [0, 0.05) is 49.2 Å². The molecule has 0 spiro atoms. The van der Waals surface area contributed by atoms with Crippen LogP contribution >= 0.6 is 11.6 Å². The number of hydrogen-bond donors (Lipinski definition) is 0. The zero-order valence-corrected chi connectivity index (χ0v) is 17.2. The van der Waals surface area contributed by atoms with Gasteiger partial charge >= 0.3 is 0 Å². The topological polar surface area (TPSA) is 47.2 Å². The molecule has 1 aliphatic rings. The largest absolute Gasteiger partial charge is 0.352 e. The molecule has 0 radical (unpaired) electrons. The van der Waals surface area contributed by atoms with E-state index in [9.17, 15) is 8.42 Å². The van der Waals surface area contributed by atoms with E-state index < -0.39 is 10.0 Å². The Hall–Kier alpha value is -2.02. The number of para-hydroxylation sites is 1. The Labute approximate surface area is 164 Å². The van der Waals surface area contributed by atoms with Crippen LogP contribution in [0.2, 0.25) is 5.02 Å². The molecule has 1 aliphatic heterocycles. The molecule has 0 fully saturated rings. The van der Waals surface area contributed by atoms with Gasteiger partial charge in [-0.2, -0.15) is 0 Å². The van der Waals surface area contributed by atoms with Crippen molar-refractivity contribution in [2.24, 2.45) is 7.05 Å². The molecule has 0 N–H and O–H groups in total. The molecule has 0 saturated heterocycles. The van der Waals surface area contributed by atoms with Crippen molar-refractivity contribution < 1.29 is 8.42 Å². The zero-order valence-electron chi connectivity index (χ0n) is 15.6. The van der Waals surface area contributed by atoms with E-state index in [1.54, 1.807) is 30.9 Å². The molecule has 0 aliphatic carbocycles. The van der Waals surface area contributed by atoms with Crippen molar-refractivity contribution in [2.75, 3.05) is 20.1 Å². The first-order valence-electron chi connectivity index (χ1n) is 8.85. The minimum absolute atomic E-state index is 0.163. The molecule has 0 atom stereocenters. The lowest BCUT2D eigenvalue weighted by Crippen LogP contribution is -2.23. The number of fused-ring (bicyclic) bond motifs is 1. The van der Waals surface area contributed by atoms with E-state index >= 15 is 0 Å². The van der Waals surface area contributed by atoms with E-state index in [1.165, 1.54) is 9.55 Å². The second-order valence-electron chi connectivity index (χ2n) is 7.10. The first-order valence-corrected chi connectivity index (χ1v) is 10.7. The second-order valence-corrected chi connectivity index (χ2v) is 9.26. The van der Waals surface area contributed by atoms with Crippen LogP contribution in [0.1, 0.15) is 17.7 Å². The molecule has 3 aromatic rings. The number of likely N-dealkylation sites (N-methyl/N-ethyl adjacent to an activating group) is 1. The molecular weight excluding hydrogens is 382 g/mol. The molecule has 2 aromatic heterocycles. The van der Waals surface area contributed by atoms with Crippen LogP contribution in [0.4, 0.5) is 0 Å². The fourth-order valence-electron chi connectivity index (χ4n) is 3.69. The Morgan fingerprint density at radius 1 is 1.11 bits per heavy atom. The third-order valence-electron chi connectivity index (χ3n) is 5.33. The molecule has 7 heteroatoms. The van der Waals surface area contributed by atoms with Gasteiger partial charge < -0.3 is 9.47 Å². The Kier molecular flexibility index (Phi) is 4.45. The van der Waals surface area contributed by atoms with Gasteiger partial charge in [-0.25, -0.2) is 12.4 Å². The molecule has 0 bridgehead atoms. The van der Waals surface area contributed by atoms with E-state index in [-0.39, 0.29) is 9.92 Å². The Balaban J connectivity index is 1.96. The summed E-state index contributed by atoms with van der Waals surface area (Å²) in [4.78, 5) is 2.41. The third kappa shape index (κ3) is 2.92. The van der Waals surface area contributed by atoms with Crippen LogP contribution < -0.4 is 0 Å². The van der Waals surface area contributed by atoms with Crippen molar-refractivity contribution in [1.82, 2.24) is 13.4 Å². The molecule has 0 unspecified atom stereocenters. The monoisotopic (exact) mass is 403 g/mol. The standard InChI is InChI=1S/C20H22ClN3O2S/c1-14-20(18(21)13-23(14)3)27(25,26)24-12-17(15-8-10-22(2)11-9-15)16-6-4-5-7-19(16)24/h4-8,12-13H,9-11H2,1-3H3. The predicted molar refractivity (Wildman–Crippen MR) is 110 cm³/mol. The molecule has 5 nitrogen and oxygen atoms in total. The summed E-state index contributed by atoms with van der Waals surface area (Å²) in [6.07, 6.45) is 6.47. The Morgan fingerprint density at radius 2 is 1.85 bits per heavy atom. The van der Waals surface area contributed by atoms with Gasteiger partial charge in [0.15, 0.2) is 0 Å². The van der Waals surface area contributed by atoms with E-state index in [0.29, 0.717) is 11.2 Å². The number of rotatable bonds is 3. The van der Waals surface area contributed by atoms with Gasteiger partial charge in [-0.15, -0.1) is 0 Å². The van der Waals surface area contributed by atoms with Crippen LogP contribution in [0.3, 0.4) is 0 Å². The van der Waals surface area contributed by atoms with Gasteiger partial charge in [-0.05, 0) is 32.0 Å². The van der Waals surface area contributed by atoms with Crippen LogP contribution in [0, 0.1) is 6.92 Å². The first kappa shape index (κ1) is 18.3. The molecule has 3 heterocycles. The van der Waals surface area contributed by atoms with Gasteiger partial charge in [-0.1, -0.05) is 35.9 Å². The maximum Gasteiger partial charge on any atom is 0.271 e. The number of benzene rings is 1. The zero-order chi connectivity index (χ0) is 19.3. The Morgan fingerprint density at radius 3 is 2.48 bits per heavy atom. The third-order valence-corrected chi connectivity index (χ3v) is 7.58. The molecule has 0 amide bonds. The number of aryl methyl sites for hydroxylation is 1. The minimum atomic E-state index is -3.81. The van der Waals surface area contributed by atoms with Crippen LogP contribution in [0.25, 0.3) is 16.5 Å². The molecule has 1 aromatic carbocycles. The highest BCUT2D eigenvalue weighted by Crippen LogP contribution is 2.35. The van der Waals surface area contributed by atoms with Crippen molar-refractivity contribution in [3.05, 3.63) is 59.0 Å². The summed E-state index contributed by atoms with van der Waals surface area (Å²) in [6, 6.07) is 7.63. The normalized spacial score (nSPS) is 16.1. The van der Waals surface area contributed by atoms with Crippen LogP contribution in [0.15, 0.2) is 47.6 Å². The summed E-state index contributed by atoms with van der Waals surface area (Å²) < 4.78 is 30.1. The Bertz CT molecular complexity index is 1170. The van der Waals surface area contributed by atoms with Crippen LogP contribution in [0.5, 0.6) is 0 Å². The highest BCUT2D eigenvalue weighted by molar-refractivity contribution is 7.90. The minimum Gasteiger partial charge on any atom is -0.352 e. The second kappa shape index (κ2) is 6.55. The lowest BCUT2D eigenvalue weighted by atomic mass is 9.99. The number of nitrogens with zero attached hydrogens (tertiary/aromatic N) is 3. The van der Waals surface area contributed by atoms with Gasteiger partial charge in [0.05, 0.1) is 10.5 Å². The van der Waals surface area contributed by atoms with Crippen LogP contribution in [-0.2, 0) is 17.1 Å². The smallest absolute Gasteiger partial charge is 0.271 e. The average molecular weight is 404 g/mol. The van der Waals surface area contributed by atoms with Crippen LogP contribution in [-0.4, -0.2) is 42.0 Å². The molecule has 0 saturated carbocycles. The summed E-state index contributed by atoms with van der Waals surface area (Å²) in [5.74, 6) is 0. The van der Waals surface area contributed by atoms with Gasteiger partial charge in [0.2, 0.25) is 0 Å². The fourth-order valence-corrected chi connectivity index (χ4v) is 5.94. The summed E-state index contributed by atoms with van der Waals surface area (Å²) in [7, 11) is 0.0705. The lowest BCUT2D eigenvalue weighted by molar-refractivity contribution is 0.370. The van der Waals surface area contributed by atoms with E-state index in [0.717, 1.165) is 30.5 Å². The van der Waals surface area contributed by atoms with E-state index in [4.69, 9.17) is 11.6 Å². The molecule has 142 valence electrons. The average Bonchev–Trinajstić information content (AvgIpc) is 3.14. The first-order chi connectivity index (χ1) is 12.8. The number of halogens is 1. The predicted octanol–water partition coefficient (Wildman–Crippen LogP) is 3.90. The lowest BCUT2D eigenvalue weighted by Gasteiger charge is -2.21. The van der Waals surface area contributed by atoms with Crippen molar-refractivity contribution in [1.29, 1.82) is 0 Å². The van der Waals surface area contributed by atoms with Crippen molar-refractivity contribution in [3.8, 4) is 0 Å². The van der Waals surface area contributed by atoms with Gasteiger partial charge in [-0.3, -0.25) is 0 Å². The van der Waals surface area contributed by atoms with Gasteiger partial charge in [0.1, 0.15) is 4.90 Å². The van der Waals surface area contributed by atoms with Crippen molar-refractivity contribution >= 4 is 38.1 Å². The number of hydrogen-bond acceptors (Lipinski definition) is 3. The highest BCUT2D eigenvalue weighted by Gasteiger charge is 2.28. The SMILES string of the molecule is Cc1c(S(=O)(=O)n2cc(C3=CCN(C)CC3)c3ccccc32)c(Cl)cn1C. The summed E-state index contributed by atoms with van der Waals surface area (Å²) in [5.41, 5.74) is 3.46. The molecular formula is C20H22ClN3O2S. The van der Waals surface area contributed by atoms with E-state index in [1.807, 2.05) is 24.3 Å². The van der Waals surface area contributed by atoms with E-state index in [2.05, 4.69) is 18.0 Å². The highest BCUT2D eigenvalue weighted by atomic mass is 35.5. The fraction of sp³-hybridized carbons (Fsp3) is 0.300. The quantitative estimate of drug-likeness (QED) is 0.666. The maximum absolute atomic E-state index is 13.5. The summed E-state index contributed by atoms with van der Waals surface area (Å²) in [6.45, 7) is 3.60. The summed E-state index contributed by atoms with van der Waals surface area (Å²) in [5, 5.41) is 1.19. The maximum atomic E-state index is 13.5. The molecule has 4 rings (SSSR count).